The number of carbonyl (C=O) groups excluding carboxylic acids is 4. The van der Waals surface area contributed by atoms with E-state index in [1.807, 2.05) is 19.6 Å². The molecule has 0 aromatic heterocycles. The van der Waals surface area contributed by atoms with Gasteiger partial charge in [-0.05, 0) is 27.2 Å². The molecule has 1 fully saturated rings. The van der Waals surface area contributed by atoms with Crippen LogP contribution in [0.4, 0.5) is 0 Å². The van der Waals surface area contributed by atoms with Crippen LogP contribution in [0.5, 0.6) is 0 Å². The lowest BCUT2D eigenvalue weighted by molar-refractivity contribution is -0.162. The maximum Gasteiger partial charge on any atom is 0.323 e. The molecule has 37 heavy (non-hydrogen) atoms. The lowest BCUT2D eigenvalue weighted by Crippen LogP contribution is -2.53. The summed E-state index contributed by atoms with van der Waals surface area (Å²) in [5.41, 5.74) is 15.5. The Morgan fingerprint density at radius 1 is 0.730 bits per heavy atom. The summed E-state index contributed by atoms with van der Waals surface area (Å²) in [6.07, 6.45) is -0.208. The van der Waals surface area contributed by atoms with Gasteiger partial charge in [-0.1, -0.05) is 0 Å². The number of nitrogens with two attached hydrogens (primary N) is 3. The average molecular weight is 530 g/mol. The molecule has 0 unspecified atom stereocenters. The summed E-state index contributed by atoms with van der Waals surface area (Å²) in [4.78, 5) is 66.7. The Hall–Kier alpha value is -2.81. The van der Waals surface area contributed by atoms with Crippen LogP contribution in [0.15, 0.2) is 0 Å². The van der Waals surface area contributed by atoms with Crippen molar-refractivity contribution >= 4 is 29.7 Å². The Labute approximate surface area is 218 Å². The number of hydrogen-bond acceptors (Lipinski definition) is 10. The van der Waals surface area contributed by atoms with Crippen molar-refractivity contribution in [1.82, 2.24) is 19.6 Å². The molecule has 14 nitrogen and oxygen atoms in total. The van der Waals surface area contributed by atoms with E-state index in [-0.39, 0.29) is 32.5 Å². The molecule has 1 aliphatic rings. The van der Waals surface area contributed by atoms with Crippen LogP contribution < -0.4 is 17.2 Å². The molecule has 1 aliphatic heterocycles. The first-order valence-corrected chi connectivity index (χ1v) is 12.4. The van der Waals surface area contributed by atoms with Crippen LogP contribution in [0.1, 0.15) is 33.6 Å². The van der Waals surface area contributed by atoms with Crippen LogP contribution in [0, 0.1) is 0 Å². The number of hydrogen-bond donors (Lipinski definition) is 4. The van der Waals surface area contributed by atoms with E-state index in [4.69, 9.17) is 21.9 Å². The molecule has 212 valence electrons. The van der Waals surface area contributed by atoms with Gasteiger partial charge in [-0.15, -0.1) is 0 Å². The molecule has 1 saturated heterocycles. The monoisotopic (exact) mass is 529 g/mol. The Kier molecular flexibility index (Phi) is 13.4. The first-order valence-electron chi connectivity index (χ1n) is 12.4. The zero-order chi connectivity index (χ0) is 28.2. The lowest BCUT2D eigenvalue weighted by atomic mass is 10.1. The van der Waals surface area contributed by atoms with Gasteiger partial charge in [0.05, 0.1) is 19.6 Å². The topological polar surface area (TPSA) is 206 Å². The van der Waals surface area contributed by atoms with E-state index in [0.717, 1.165) is 0 Å². The maximum absolute atomic E-state index is 13.1. The minimum absolute atomic E-state index is 0.0108. The highest BCUT2D eigenvalue weighted by atomic mass is 16.6. The van der Waals surface area contributed by atoms with E-state index in [1.54, 1.807) is 20.8 Å². The molecule has 3 amide bonds. The SMILES string of the molecule is CC(C)(C)OC(=O)[C@@H](CCC(=O)O)N1CCN(CC(N)=O)CCN(CC(N)=O)CCN(CC(N)=O)CC1. The van der Waals surface area contributed by atoms with Crippen molar-refractivity contribution < 1.29 is 33.8 Å². The Bertz CT molecular complexity index is 771. The number of ether oxygens (including phenoxy) is 1. The molecule has 1 heterocycles. The highest BCUT2D eigenvalue weighted by molar-refractivity contribution is 5.78. The second-order valence-corrected chi connectivity index (χ2v) is 10.2. The Morgan fingerprint density at radius 3 is 1.38 bits per heavy atom. The first kappa shape index (κ1) is 32.2. The van der Waals surface area contributed by atoms with Gasteiger partial charge < -0.3 is 27.0 Å². The second-order valence-electron chi connectivity index (χ2n) is 10.2. The number of nitrogens with zero attached hydrogens (tertiary/aromatic N) is 4. The lowest BCUT2D eigenvalue weighted by Gasteiger charge is -2.36. The van der Waals surface area contributed by atoms with Gasteiger partial charge in [-0.3, -0.25) is 43.6 Å². The predicted octanol–water partition coefficient (Wildman–Crippen LogP) is -2.76. The summed E-state index contributed by atoms with van der Waals surface area (Å²) in [6, 6.07) is -0.851. The fourth-order valence-electron chi connectivity index (χ4n) is 4.08. The molecule has 0 radical (unpaired) electrons. The maximum atomic E-state index is 13.1. The van der Waals surface area contributed by atoms with E-state index in [2.05, 4.69) is 0 Å². The van der Waals surface area contributed by atoms with Crippen molar-refractivity contribution in [2.24, 2.45) is 17.2 Å². The van der Waals surface area contributed by atoms with E-state index in [9.17, 15) is 29.1 Å². The molecule has 0 bridgehead atoms. The number of primary amides is 3. The molecule has 14 heteroatoms. The number of esters is 1. The summed E-state index contributed by atoms with van der Waals surface area (Å²) in [5, 5.41) is 9.27. The standard InChI is InChI=1S/C23H43N7O7/c1-23(2,3)37-22(36)17(4-5-21(34)35)30-12-10-28(15-19(25)32)8-6-27(14-18(24)31)7-9-29(11-13-30)16-20(26)33/h17H,4-16H2,1-3H3,(H2,24,31)(H2,25,32)(H2,26,33)(H,34,35)/t17-/m1/s1. The Morgan fingerprint density at radius 2 is 1.08 bits per heavy atom. The largest absolute Gasteiger partial charge is 0.481 e. The van der Waals surface area contributed by atoms with Crippen LogP contribution in [0.3, 0.4) is 0 Å². The number of aliphatic carboxylic acids is 1. The smallest absolute Gasteiger partial charge is 0.323 e. The van der Waals surface area contributed by atoms with Crippen molar-refractivity contribution in [1.29, 1.82) is 0 Å². The quantitative estimate of drug-likeness (QED) is 0.202. The number of carbonyl (C=O) groups is 5. The molecular formula is C23H43N7O7. The summed E-state index contributed by atoms with van der Waals surface area (Å²) >= 11 is 0. The average Bonchev–Trinajstić information content (AvgIpc) is 2.72. The van der Waals surface area contributed by atoms with Crippen LogP contribution in [-0.2, 0) is 28.7 Å². The summed E-state index contributed by atoms with van der Waals surface area (Å²) < 4.78 is 5.59. The fraction of sp³-hybridized carbons (Fsp3) is 0.783. The van der Waals surface area contributed by atoms with Gasteiger partial charge in [0.15, 0.2) is 0 Å². The van der Waals surface area contributed by atoms with Crippen molar-refractivity contribution in [2.75, 3.05) is 72.0 Å². The minimum Gasteiger partial charge on any atom is -0.481 e. The highest BCUT2D eigenvalue weighted by Crippen LogP contribution is 2.16. The summed E-state index contributed by atoms with van der Waals surface area (Å²) in [5.74, 6) is -3.14. The van der Waals surface area contributed by atoms with Crippen molar-refractivity contribution in [3.05, 3.63) is 0 Å². The predicted molar refractivity (Wildman–Crippen MR) is 135 cm³/mol. The normalized spacial score (nSPS) is 18.8. The van der Waals surface area contributed by atoms with Crippen LogP contribution in [0.25, 0.3) is 0 Å². The number of carboxylic acid groups (broad SMARTS) is 1. The van der Waals surface area contributed by atoms with E-state index >= 15 is 0 Å². The van der Waals surface area contributed by atoms with Gasteiger partial charge in [-0.2, -0.15) is 0 Å². The molecule has 0 saturated carbocycles. The molecule has 1 rings (SSSR count). The van der Waals surface area contributed by atoms with Crippen LogP contribution in [-0.4, -0.2) is 138 Å². The fourth-order valence-corrected chi connectivity index (χ4v) is 4.08. The zero-order valence-corrected chi connectivity index (χ0v) is 22.2. The molecule has 0 aromatic rings. The third-order valence-electron chi connectivity index (χ3n) is 5.76. The van der Waals surface area contributed by atoms with Gasteiger partial charge >= 0.3 is 11.9 Å². The number of amides is 3. The third-order valence-corrected chi connectivity index (χ3v) is 5.76. The van der Waals surface area contributed by atoms with Crippen molar-refractivity contribution in [3.8, 4) is 0 Å². The van der Waals surface area contributed by atoms with Gasteiger partial charge in [-0.25, -0.2) is 0 Å². The van der Waals surface area contributed by atoms with Gasteiger partial charge in [0.1, 0.15) is 11.6 Å². The summed E-state index contributed by atoms with van der Waals surface area (Å²) in [7, 11) is 0. The minimum atomic E-state index is -1.04. The van der Waals surface area contributed by atoms with Gasteiger partial charge in [0.25, 0.3) is 0 Å². The first-order chi connectivity index (χ1) is 17.2. The van der Waals surface area contributed by atoms with Crippen LogP contribution in [0.2, 0.25) is 0 Å². The van der Waals surface area contributed by atoms with Crippen molar-refractivity contribution in [2.45, 2.75) is 45.3 Å². The third kappa shape index (κ3) is 14.5. The second kappa shape index (κ2) is 15.4. The molecule has 7 N–H and O–H groups in total. The van der Waals surface area contributed by atoms with Gasteiger partial charge in [0, 0.05) is 58.8 Å². The van der Waals surface area contributed by atoms with Crippen LogP contribution >= 0.6 is 0 Å². The zero-order valence-electron chi connectivity index (χ0n) is 22.2. The number of rotatable bonds is 11. The molecule has 1 atom stereocenters. The molecule has 0 spiro atoms. The van der Waals surface area contributed by atoms with E-state index < -0.39 is 41.3 Å². The molecule has 0 aromatic carbocycles. The molecular weight excluding hydrogens is 486 g/mol. The van der Waals surface area contributed by atoms with E-state index in [1.165, 1.54) is 0 Å². The summed E-state index contributed by atoms with van der Waals surface area (Å²) in [6.45, 7) is 8.05. The van der Waals surface area contributed by atoms with Crippen molar-refractivity contribution in [3.63, 3.8) is 0 Å². The van der Waals surface area contributed by atoms with Gasteiger partial charge in [0.2, 0.25) is 17.7 Å². The molecule has 0 aliphatic carbocycles. The highest BCUT2D eigenvalue weighted by Gasteiger charge is 2.32. The van der Waals surface area contributed by atoms with E-state index in [0.29, 0.717) is 52.4 Å². The number of carboxylic acids is 1. The Balaban J connectivity index is 3.26.